The second kappa shape index (κ2) is 7.97. The van der Waals surface area contributed by atoms with Gasteiger partial charge >= 0.3 is 0 Å². The van der Waals surface area contributed by atoms with Gasteiger partial charge in [0.2, 0.25) is 13.6 Å². The number of benzene rings is 3. The van der Waals surface area contributed by atoms with Crippen LogP contribution < -0.4 is 29.0 Å². The van der Waals surface area contributed by atoms with E-state index in [9.17, 15) is 13.2 Å². The van der Waals surface area contributed by atoms with Gasteiger partial charge in [-0.15, -0.1) is 0 Å². The van der Waals surface area contributed by atoms with E-state index in [2.05, 4.69) is 10.0 Å². The predicted octanol–water partition coefficient (Wildman–Crippen LogP) is 2.87. The van der Waals surface area contributed by atoms with Gasteiger partial charge in [-0.25, -0.2) is 8.42 Å². The monoisotopic (exact) mass is 454 g/mol. The van der Waals surface area contributed by atoms with Crippen molar-refractivity contribution in [1.29, 1.82) is 0 Å². The highest BCUT2D eigenvalue weighted by Gasteiger charge is 2.20. The van der Waals surface area contributed by atoms with Crippen LogP contribution in [0.25, 0.3) is 0 Å². The fraction of sp³-hybridized carbons (Fsp3) is 0.136. The van der Waals surface area contributed by atoms with Crippen molar-refractivity contribution in [3.63, 3.8) is 0 Å². The maximum atomic E-state index is 12.8. The first kappa shape index (κ1) is 20.0. The van der Waals surface area contributed by atoms with Gasteiger partial charge in [-0.3, -0.25) is 9.52 Å². The molecule has 5 rings (SSSR count). The standard InChI is InChI=1S/C22H18N2O7S/c25-22(23-11-14-4-6-18-20(8-14)30-12-28-18)15-2-1-3-17(9-15)32(26,27)24-16-5-7-19-21(10-16)31-13-29-19/h1-10,24H,11-13H2,(H,23,25). The van der Waals surface area contributed by atoms with Gasteiger partial charge in [-0.2, -0.15) is 0 Å². The number of amides is 1. The summed E-state index contributed by atoms with van der Waals surface area (Å²) in [6.07, 6.45) is 0. The summed E-state index contributed by atoms with van der Waals surface area (Å²) in [5.74, 6) is 1.89. The molecule has 2 aliphatic heterocycles. The summed E-state index contributed by atoms with van der Waals surface area (Å²) < 4.78 is 49.2. The first-order valence-corrected chi connectivity index (χ1v) is 11.2. The SMILES string of the molecule is O=C(NCc1ccc2c(c1)OCO2)c1cccc(S(=O)(=O)Nc2ccc3c(c2)OCO3)c1. The number of nitrogens with one attached hydrogen (secondary N) is 2. The van der Waals surface area contributed by atoms with E-state index in [-0.39, 0.29) is 30.6 Å². The molecule has 9 nitrogen and oxygen atoms in total. The van der Waals surface area contributed by atoms with Crippen molar-refractivity contribution in [1.82, 2.24) is 5.32 Å². The third kappa shape index (κ3) is 4.00. The van der Waals surface area contributed by atoms with E-state index >= 15 is 0 Å². The van der Waals surface area contributed by atoms with Crippen molar-refractivity contribution in [2.24, 2.45) is 0 Å². The lowest BCUT2D eigenvalue weighted by Crippen LogP contribution is -2.23. The van der Waals surface area contributed by atoms with Crippen molar-refractivity contribution in [3.8, 4) is 23.0 Å². The van der Waals surface area contributed by atoms with Crippen LogP contribution in [0.2, 0.25) is 0 Å². The topological polar surface area (TPSA) is 112 Å². The minimum Gasteiger partial charge on any atom is -0.454 e. The molecular formula is C22H18N2O7S. The molecule has 0 aliphatic carbocycles. The zero-order valence-corrected chi connectivity index (χ0v) is 17.5. The molecule has 2 aliphatic rings. The maximum Gasteiger partial charge on any atom is 0.261 e. The zero-order valence-electron chi connectivity index (χ0n) is 16.7. The average Bonchev–Trinajstić information content (AvgIpc) is 3.45. The Kier molecular flexibility index (Phi) is 4.98. The van der Waals surface area contributed by atoms with Gasteiger partial charge in [-0.05, 0) is 48.0 Å². The molecule has 0 spiro atoms. The lowest BCUT2D eigenvalue weighted by molar-refractivity contribution is 0.0950. The molecule has 2 heterocycles. The number of ether oxygens (including phenoxy) is 4. The third-order valence-corrected chi connectivity index (χ3v) is 6.30. The molecule has 0 radical (unpaired) electrons. The van der Waals surface area contributed by atoms with E-state index in [0.29, 0.717) is 28.7 Å². The Bertz CT molecular complexity index is 1310. The van der Waals surface area contributed by atoms with E-state index in [1.54, 1.807) is 36.4 Å². The van der Waals surface area contributed by atoms with Crippen LogP contribution in [0.5, 0.6) is 23.0 Å². The van der Waals surface area contributed by atoms with Crippen LogP contribution in [-0.4, -0.2) is 27.9 Å². The summed E-state index contributed by atoms with van der Waals surface area (Å²) in [4.78, 5) is 12.6. The molecule has 0 saturated heterocycles. The van der Waals surface area contributed by atoms with Crippen LogP contribution in [0.4, 0.5) is 5.69 Å². The molecule has 2 N–H and O–H groups in total. The number of carbonyl (C=O) groups excluding carboxylic acids is 1. The Balaban J connectivity index is 1.28. The smallest absolute Gasteiger partial charge is 0.261 e. The Morgan fingerprint density at radius 2 is 1.50 bits per heavy atom. The van der Waals surface area contributed by atoms with E-state index in [1.807, 2.05) is 6.07 Å². The van der Waals surface area contributed by atoms with Gasteiger partial charge in [-0.1, -0.05) is 12.1 Å². The lowest BCUT2D eigenvalue weighted by atomic mass is 10.2. The molecule has 0 saturated carbocycles. The second-order valence-corrected chi connectivity index (χ2v) is 8.75. The lowest BCUT2D eigenvalue weighted by Gasteiger charge is -2.10. The minimum absolute atomic E-state index is 0.0362. The normalized spacial score (nSPS) is 13.6. The van der Waals surface area contributed by atoms with Crippen molar-refractivity contribution in [2.75, 3.05) is 18.3 Å². The van der Waals surface area contributed by atoms with Crippen LogP contribution in [-0.2, 0) is 16.6 Å². The highest BCUT2D eigenvalue weighted by Crippen LogP contribution is 2.35. The summed E-state index contributed by atoms with van der Waals surface area (Å²) in [6, 6.07) is 15.9. The zero-order chi connectivity index (χ0) is 22.1. The summed E-state index contributed by atoms with van der Waals surface area (Å²) in [6.45, 7) is 0.517. The number of anilines is 1. The summed E-state index contributed by atoms with van der Waals surface area (Å²) >= 11 is 0. The van der Waals surface area contributed by atoms with Gasteiger partial charge in [0, 0.05) is 18.2 Å². The van der Waals surface area contributed by atoms with Crippen LogP contribution in [0.15, 0.2) is 65.6 Å². The first-order valence-electron chi connectivity index (χ1n) is 9.67. The molecule has 0 aromatic heterocycles. The van der Waals surface area contributed by atoms with Gasteiger partial charge in [0.05, 0.1) is 10.6 Å². The number of sulfonamides is 1. The highest BCUT2D eigenvalue weighted by atomic mass is 32.2. The molecule has 32 heavy (non-hydrogen) atoms. The molecular weight excluding hydrogens is 436 g/mol. The average molecular weight is 454 g/mol. The molecule has 0 atom stereocenters. The Morgan fingerprint density at radius 1 is 0.812 bits per heavy atom. The third-order valence-electron chi connectivity index (χ3n) is 4.92. The van der Waals surface area contributed by atoms with Gasteiger partial charge in [0.1, 0.15) is 0 Å². The van der Waals surface area contributed by atoms with Gasteiger partial charge in [0.25, 0.3) is 15.9 Å². The summed E-state index contributed by atoms with van der Waals surface area (Å²) in [5, 5.41) is 2.78. The minimum atomic E-state index is -3.92. The first-order chi connectivity index (χ1) is 15.5. The number of hydrogen-bond acceptors (Lipinski definition) is 7. The van der Waals surface area contributed by atoms with E-state index in [1.165, 1.54) is 18.2 Å². The molecule has 0 unspecified atom stereocenters. The molecule has 10 heteroatoms. The van der Waals surface area contributed by atoms with E-state index < -0.39 is 15.9 Å². The van der Waals surface area contributed by atoms with Crippen molar-refractivity contribution < 1.29 is 32.2 Å². The Labute approximate surface area is 183 Å². The highest BCUT2D eigenvalue weighted by molar-refractivity contribution is 7.92. The molecule has 3 aromatic rings. The molecule has 164 valence electrons. The van der Waals surface area contributed by atoms with Crippen LogP contribution in [0, 0.1) is 0 Å². The Hall–Kier alpha value is -3.92. The van der Waals surface area contributed by atoms with E-state index in [4.69, 9.17) is 18.9 Å². The van der Waals surface area contributed by atoms with Gasteiger partial charge in [0.15, 0.2) is 23.0 Å². The second-order valence-electron chi connectivity index (χ2n) is 7.07. The van der Waals surface area contributed by atoms with E-state index in [0.717, 1.165) is 5.56 Å². The molecule has 3 aromatic carbocycles. The van der Waals surface area contributed by atoms with Crippen LogP contribution >= 0.6 is 0 Å². The fourth-order valence-corrected chi connectivity index (χ4v) is 4.41. The fourth-order valence-electron chi connectivity index (χ4n) is 3.31. The number of hydrogen-bond donors (Lipinski definition) is 2. The van der Waals surface area contributed by atoms with Gasteiger partial charge < -0.3 is 24.3 Å². The number of fused-ring (bicyclic) bond motifs is 2. The van der Waals surface area contributed by atoms with Crippen LogP contribution in [0.1, 0.15) is 15.9 Å². The Morgan fingerprint density at radius 3 is 2.28 bits per heavy atom. The van der Waals surface area contributed by atoms with Crippen molar-refractivity contribution in [2.45, 2.75) is 11.4 Å². The summed E-state index contributed by atoms with van der Waals surface area (Å²) in [5.41, 5.74) is 1.38. The summed E-state index contributed by atoms with van der Waals surface area (Å²) in [7, 11) is -3.92. The van der Waals surface area contributed by atoms with Crippen LogP contribution in [0.3, 0.4) is 0 Å². The predicted molar refractivity (Wildman–Crippen MR) is 114 cm³/mol. The number of carbonyl (C=O) groups is 1. The van der Waals surface area contributed by atoms with Crippen molar-refractivity contribution in [3.05, 3.63) is 71.8 Å². The molecule has 0 bridgehead atoms. The molecule has 0 fully saturated rings. The molecule has 1 amide bonds. The van der Waals surface area contributed by atoms with Crippen molar-refractivity contribution >= 4 is 21.6 Å². The quantitative estimate of drug-likeness (QED) is 0.589. The largest absolute Gasteiger partial charge is 0.454 e. The number of rotatable bonds is 6. The maximum absolute atomic E-state index is 12.8.